The van der Waals surface area contributed by atoms with Gasteiger partial charge in [0, 0.05) is 19.7 Å². The predicted molar refractivity (Wildman–Crippen MR) is 77.0 cm³/mol. The number of carbonyl (C=O) groups is 1. The molecule has 0 aromatic heterocycles. The Hall–Kier alpha value is -0.650. The smallest absolute Gasteiger partial charge is 0.238 e. The lowest BCUT2D eigenvalue weighted by Gasteiger charge is -2.34. The lowest BCUT2D eigenvalue weighted by Crippen LogP contribution is -2.60. The minimum Gasteiger partial charge on any atom is -0.377 e. The highest BCUT2D eigenvalue weighted by molar-refractivity contribution is 5.84. The van der Waals surface area contributed by atoms with Crippen LogP contribution in [0.1, 0.15) is 40.0 Å². The largest absolute Gasteiger partial charge is 0.377 e. The molecule has 1 amide bonds. The number of amides is 1. The van der Waals surface area contributed by atoms with Crippen LogP contribution in [-0.4, -0.2) is 55.2 Å². The van der Waals surface area contributed by atoms with E-state index in [1.54, 1.807) is 0 Å². The SMILES string of the molecule is CCCNC(C)(CN(CC)CC1CCCO1)C(N)=O. The predicted octanol–water partition coefficient (Wildman–Crippen LogP) is 0.731. The first-order valence-corrected chi connectivity index (χ1v) is 7.40. The molecule has 0 bridgehead atoms. The molecule has 1 saturated heterocycles. The van der Waals surface area contributed by atoms with Crippen molar-refractivity contribution in [2.45, 2.75) is 51.7 Å². The fourth-order valence-corrected chi connectivity index (χ4v) is 2.45. The fraction of sp³-hybridized carbons (Fsp3) is 0.929. The molecule has 1 heterocycles. The number of likely N-dealkylation sites (N-methyl/N-ethyl adjacent to an activating group) is 1. The third-order valence-corrected chi connectivity index (χ3v) is 3.78. The molecule has 19 heavy (non-hydrogen) atoms. The normalized spacial score (nSPS) is 22.6. The molecule has 1 rings (SSSR count). The first-order chi connectivity index (χ1) is 9.01. The molecule has 5 nitrogen and oxygen atoms in total. The van der Waals surface area contributed by atoms with E-state index >= 15 is 0 Å². The van der Waals surface area contributed by atoms with Crippen molar-refractivity contribution >= 4 is 5.91 Å². The molecule has 112 valence electrons. The Bertz CT molecular complexity index is 280. The average Bonchev–Trinajstić information content (AvgIpc) is 2.88. The Morgan fingerprint density at radius 2 is 2.26 bits per heavy atom. The zero-order valence-electron chi connectivity index (χ0n) is 12.6. The van der Waals surface area contributed by atoms with Crippen LogP contribution in [0.5, 0.6) is 0 Å². The number of ether oxygens (including phenoxy) is 1. The van der Waals surface area contributed by atoms with Gasteiger partial charge in [-0.2, -0.15) is 0 Å². The van der Waals surface area contributed by atoms with Crippen molar-refractivity contribution in [3.63, 3.8) is 0 Å². The number of hydrogen-bond acceptors (Lipinski definition) is 4. The van der Waals surface area contributed by atoms with E-state index in [1.165, 1.54) is 0 Å². The van der Waals surface area contributed by atoms with E-state index in [1.807, 2.05) is 6.92 Å². The number of nitrogens with one attached hydrogen (secondary N) is 1. The van der Waals surface area contributed by atoms with Crippen molar-refractivity contribution in [1.82, 2.24) is 10.2 Å². The van der Waals surface area contributed by atoms with E-state index in [9.17, 15) is 4.79 Å². The van der Waals surface area contributed by atoms with Crippen molar-refractivity contribution in [1.29, 1.82) is 0 Å². The van der Waals surface area contributed by atoms with Gasteiger partial charge in [0.2, 0.25) is 5.91 Å². The maximum atomic E-state index is 11.7. The summed E-state index contributed by atoms with van der Waals surface area (Å²) in [7, 11) is 0. The van der Waals surface area contributed by atoms with Crippen LogP contribution in [0.3, 0.4) is 0 Å². The van der Waals surface area contributed by atoms with Gasteiger partial charge in [-0.3, -0.25) is 9.69 Å². The van der Waals surface area contributed by atoms with Gasteiger partial charge in [0.25, 0.3) is 0 Å². The number of nitrogens with two attached hydrogens (primary N) is 1. The second kappa shape index (κ2) is 7.82. The van der Waals surface area contributed by atoms with Crippen molar-refractivity contribution in [3.05, 3.63) is 0 Å². The molecule has 1 fully saturated rings. The first-order valence-electron chi connectivity index (χ1n) is 7.40. The number of nitrogens with zero attached hydrogens (tertiary/aromatic N) is 1. The summed E-state index contributed by atoms with van der Waals surface area (Å²) in [6.45, 7) is 10.2. The van der Waals surface area contributed by atoms with Crippen LogP contribution in [0.4, 0.5) is 0 Å². The molecular formula is C14H29N3O2. The summed E-state index contributed by atoms with van der Waals surface area (Å²) in [6, 6.07) is 0. The summed E-state index contributed by atoms with van der Waals surface area (Å²) >= 11 is 0. The number of carbonyl (C=O) groups excluding carboxylic acids is 1. The maximum Gasteiger partial charge on any atom is 0.238 e. The van der Waals surface area contributed by atoms with Crippen LogP contribution >= 0.6 is 0 Å². The topological polar surface area (TPSA) is 67.6 Å². The van der Waals surface area contributed by atoms with E-state index in [-0.39, 0.29) is 5.91 Å². The van der Waals surface area contributed by atoms with Gasteiger partial charge < -0.3 is 15.8 Å². The first kappa shape index (κ1) is 16.4. The molecule has 1 aliphatic heterocycles. The van der Waals surface area contributed by atoms with Gasteiger partial charge in [-0.15, -0.1) is 0 Å². The minimum atomic E-state index is -0.662. The van der Waals surface area contributed by atoms with Crippen LogP contribution in [-0.2, 0) is 9.53 Å². The maximum absolute atomic E-state index is 11.7. The van der Waals surface area contributed by atoms with Crippen LogP contribution in [0.15, 0.2) is 0 Å². The van der Waals surface area contributed by atoms with E-state index in [2.05, 4.69) is 24.1 Å². The third-order valence-electron chi connectivity index (χ3n) is 3.78. The van der Waals surface area contributed by atoms with Crippen LogP contribution < -0.4 is 11.1 Å². The highest BCUT2D eigenvalue weighted by atomic mass is 16.5. The van der Waals surface area contributed by atoms with Crippen molar-refractivity contribution < 1.29 is 9.53 Å². The summed E-state index contributed by atoms with van der Waals surface area (Å²) in [6.07, 6.45) is 3.55. The monoisotopic (exact) mass is 271 g/mol. The molecule has 0 spiro atoms. The number of primary amides is 1. The minimum absolute atomic E-state index is 0.285. The molecule has 3 N–H and O–H groups in total. The van der Waals surface area contributed by atoms with Gasteiger partial charge in [0.05, 0.1) is 6.10 Å². The van der Waals surface area contributed by atoms with Gasteiger partial charge in [-0.25, -0.2) is 0 Å². The Balaban J connectivity index is 2.55. The molecule has 2 atom stereocenters. The molecule has 0 saturated carbocycles. The van der Waals surface area contributed by atoms with Gasteiger partial charge in [-0.05, 0) is 39.3 Å². The fourth-order valence-electron chi connectivity index (χ4n) is 2.45. The molecular weight excluding hydrogens is 242 g/mol. The highest BCUT2D eigenvalue weighted by Gasteiger charge is 2.33. The average molecular weight is 271 g/mol. The second-order valence-corrected chi connectivity index (χ2v) is 5.59. The standard InChI is InChI=1S/C14H29N3O2/c1-4-8-16-14(3,13(15)18)11-17(5-2)10-12-7-6-9-19-12/h12,16H,4-11H2,1-3H3,(H2,15,18). The van der Waals surface area contributed by atoms with Crippen LogP contribution in [0.25, 0.3) is 0 Å². The number of hydrogen-bond donors (Lipinski definition) is 2. The highest BCUT2D eigenvalue weighted by Crippen LogP contribution is 2.15. The zero-order chi connectivity index (χ0) is 14.3. The van der Waals surface area contributed by atoms with E-state index in [0.29, 0.717) is 12.6 Å². The molecule has 0 aromatic rings. The second-order valence-electron chi connectivity index (χ2n) is 5.59. The van der Waals surface area contributed by atoms with E-state index < -0.39 is 5.54 Å². The van der Waals surface area contributed by atoms with Crippen LogP contribution in [0.2, 0.25) is 0 Å². The molecule has 0 radical (unpaired) electrons. The van der Waals surface area contributed by atoms with Gasteiger partial charge in [0.1, 0.15) is 5.54 Å². The molecule has 5 heteroatoms. The Labute approximate surface area is 116 Å². The van der Waals surface area contributed by atoms with E-state index in [0.717, 1.165) is 45.5 Å². The lowest BCUT2D eigenvalue weighted by molar-refractivity contribution is -0.124. The van der Waals surface area contributed by atoms with Crippen molar-refractivity contribution in [3.8, 4) is 0 Å². The summed E-state index contributed by atoms with van der Waals surface area (Å²) in [5.41, 5.74) is 4.90. The summed E-state index contributed by atoms with van der Waals surface area (Å²) in [5, 5.41) is 3.28. The van der Waals surface area contributed by atoms with Gasteiger partial charge >= 0.3 is 0 Å². The van der Waals surface area contributed by atoms with E-state index in [4.69, 9.17) is 10.5 Å². The summed E-state index contributed by atoms with van der Waals surface area (Å²) < 4.78 is 5.66. The Morgan fingerprint density at radius 1 is 1.53 bits per heavy atom. The number of rotatable bonds is 9. The van der Waals surface area contributed by atoms with Gasteiger partial charge in [-0.1, -0.05) is 13.8 Å². The molecule has 1 aliphatic rings. The summed E-state index contributed by atoms with van der Waals surface area (Å²) in [5.74, 6) is -0.285. The van der Waals surface area contributed by atoms with Crippen molar-refractivity contribution in [2.24, 2.45) is 5.73 Å². The molecule has 0 aromatic carbocycles. The summed E-state index contributed by atoms with van der Waals surface area (Å²) in [4.78, 5) is 14.0. The zero-order valence-corrected chi connectivity index (χ0v) is 12.6. The van der Waals surface area contributed by atoms with Crippen molar-refractivity contribution in [2.75, 3.05) is 32.8 Å². The molecule has 0 aliphatic carbocycles. The molecule has 2 unspecified atom stereocenters. The quantitative estimate of drug-likeness (QED) is 0.649. The lowest BCUT2D eigenvalue weighted by atomic mass is 10.00. The Kier molecular flexibility index (Phi) is 6.75. The third kappa shape index (κ3) is 5.09. The Morgan fingerprint density at radius 3 is 2.74 bits per heavy atom. The van der Waals surface area contributed by atoms with Crippen LogP contribution in [0, 0.1) is 0 Å². The van der Waals surface area contributed by atoms with Gasteiger partial charge in [0.15, 0.2) is 0 Å².